The Bertz CT molecular complexity index is 1340. The van der Waals surface area contributed by atoms with Gasteiger partial charge in [-0.25, -0.2) is 14.6 Å². The smallest absolute Gasteiger partial charge is 0.253 e. The van der Waals surface area contributed by atoms with E-state index in [1.54, 1.807) is 24.3 Å². The van der Waals surface area contributed by atoms with Crippen molar-refractivity contribution in [1.29, 1.82) is 0 Å². The van der Waals surface area contributed by atoms with Crippen LogP contribution in [0, 0.1) is 0 Å². The van der Waals surface area contributed by atoms with Crippen LogP contribution in [0.15, 0.2) is 60.8 Å². The summed E-state index contributed by atoms with van der Waals surface area (Å²) in [6.07, 6.45) is 4.82. The second kappa shape index (κ2) is 10.7. The summed E-state index contributed by atoms with van der Waals surface area (Å²) in [7, 11) is 0. The normalized spacial score (nSPS) is 15.2. The molecule has 0 saturated carbocycles. The van der Waals surface area contributed by atoms with Gasteiger partial charge >= 0.3 is 0 Å². The van der Waals surface area contributed by atoms with Crippen molar-refractivity contribution in [2.45, 2.75) is 39.0 Å². The molecule has 0 radical (unpaired) electrons. The molecule has 36 heavy (non-hydrogen) atoms. The maximum Gasteiger partial charge on any atom is 0.253 e. The third kappa shape index (κ3) is 4.93. The highest BCUT2D eigenvalue weighted by molar-refractivity contribution is 6.30. The minimum atomic E-state index is 0.0375. The maximum atomic E-state index is 13.1. The summed E-state index contributed by atoms with van der Waals surface area (Å²) in [6.45, 7) is 7.21. The van der Waals surface area contributed by atoms with Crippen LogP contribution < -0.4 is 4.90 Å². The van der Waals surface area contributed by atoms with Gasteiger partial charge in [0.25, 0.3) is 5.91 Å². The second-order valence-corrected chi connectivity index (χ2v) is 9.80. The molecule has 2 aromatic heterocycles. The zero-order valence-electron chi connectivity index (χ0n) is 20.8. The molecule has 0 spiro atoms. The van der Waals surface area contributed by atoms with Gasteiger partial charge in [0, 0.05) is 42.7 Å². The van der Waals surface area contributed by atoms with Crippen LogP contribution in [0.2, 0.25) is 5.02 Å². The Morgan fingerprint density at radius 2 is 1.78 bits per heavy atom. The number of nitrogens with zero attached hydrogens (tertiary/aromatic N) is 6. The molecule has 1 aliphatic rings. The lowest BCUT2D eigenvalue weighted by molar-refractivity contribution is 0.0767. The number of para-hydroxylation sites is 1. The molecule has 0 N–H and O–H groups in total. The molecule has 1 amide bonds. The minimum Gasteiger partial charge on any atom is -0.354 e. The quantitative estimate of drug-likeness (QED) is 0.337. The molecule has 186 valence electrons. The number of amides is 1. The Balaban J connectivity index is 1.47. The molecule has 4 aromatic rings. The molecule has 1 aliphatic heterocycles. The number of carbonyl (C=O) groups is 1. The molecule has 2 aromatic carbocycles. The number of hydrogen-bond acceptors (Lipinski definition) is 5. The SMILES string of the molecule is CCC[C@@H](C)c1nc(N2CCCN(C(=O)c3ccc(Cl)cc3)CC2)c2cnn(-c3ccccc3)c2n1. The van der Waals surface area contributed by atoms with Gasteiger partial charge in [0.2, 0.25) is 0 Å². The molecule has 0 bridgehead atoms. The second-order valence-electron chi connectivity index (χ2n) is 9.36. The average Bonchev–Trinajstić information content (AvgIpc) is 3.18. The van der Waals surface area contributed by atoms with Crippen LogP contribution in [0.25, 0.3) is 16.7 Å². The van der Waals surface area contributed by atoms with E-state index in [0.717, 1.165) is 54.2 Å². The standard InChI is InChI=1S/C28H31ClN6O/c1-3-8-20(2)25-31-26(24-19-30-35(27(24)32-25)23-9-5-4-6-10-23)33-15-7-16-34(18-17-33)28(36)21-11-13-22(29)14-12-21/h4-6,9-14,19-20H,3,7-8,15-18H2,1-2H3/t20-/m1/s1. The van der Waals surface area contributed by atoms with Gasteiger partial charge in [0.1, 0.15) is 11.6 Å². The van der Waals surface area contributed by atoms with Crippen molar-refractivity contribution in [2.75, 3.05) is 31.1 Å². The summed E-state index contributed by atoms with van der Waals surface area (Å²) < 4.78 is 1.90. The number of aromatic nitrogens is 4. The first-order chi connectivity index (χ1) is 17.5. The molecule has 0 unspecified atom stereocenters. The van der Waals surface area contributed by atoms with Crippen LogP contribution in [0.3, 0.4) is 0 Å². The van der Waals surface area contributed by atoms with Crippen LogP contribution in [0.5, 0.6) is 0 Å². The van der Waals surface area contributed by atoms with Gasteiger partial charge in [0.15, 0.2) is 5.65 Å². The number of halogens is 1. The number of hydrogen-bond donors (Lipinski definition) is 0. The molecule has 5 rings (SSSR count). The summed E-state index contributed by atoms with van der Waals surface area (Å²) in [5.41, 5.74) is 2.46. The number of rotatable bonds is 6. The fourth-order valence-electron chi connectivity index (χ4n) is 4.80. The van der Waals surface area contributed by atoms with Crippen molar-refractivity contribution in [3.05, 3.63) is 77.2 Å². The van der Waals surface area contributed by atoms with Crippen molar-refractivity contribution in [3.8, 4) is 5.69 Å². The Kier molecular flexibility index (Phi) is 7.18. The molecule has 1 atom stereocenters. The Morgan fingerprint density at radius 3 is 2.53 bits per heavy atom. The lowest BCUT2D eigenvalue weighted by Gasteiger charge is -2.24. The molecule has 1 fully saturated rings. The highest BCUT2D eigenvalue weighted by Crippen LogP contribution is 2.30. The molecule has 3 heterocycles. The van der Waals surface area contributed by atoms with Crippen LogP contribution in [0.1, 0.15) is 55.2 Å². The van der Waals surface area contributed by atoms with Gasteiger partial charge in [-0.3, -0.25) is 4.79 Å². The van der Waals surface area contributed by atoms with E-state index in [4.69, 9.17) is 26.7 Å². The molecular weight excluding hydrogens is 472 g/mol. The zero-order chi connectivity index (χ0) is 25.1. The van der Waals surface area contributed by atoms with Crippen LogP contribution in [-0.4, -0.2) is 56.7 Å². The first-order valence-electron chi connectivity index (χ1n) is 12.7. The highest BCUT2D eigenvalue weighted by atomic mass is 35.5. The van der Waals surface area contributed by atoms with Crippen molar-refractivity contribution in [1.82, 2.24) is 24.6 Å². The number of benzene rings is 2. The lowest BCUT2D eigenvalue weighted by atomic mass is 10.1. The van der Waals surface area contributed by atoms with E-state index in [-0.39, 0.29) is 11.8 Å². The van der Waals surface area contributed by atoms with Crippen LogP contribution >= 0.6 is 11.6 Å². The van der Waals surface area contributed by atoms with Gasteiger partial charge in [-0.2, -0.15) is 5.10 Å². The highest BCUT2D eigenvalue weighted by Gasteiger charge is 2.25. The van der Waals surface area contributed by atoms with Crippen molar-refractivity contribution >= 4 is 34.4 Å². The Morgan fingerprint density at radius 1 is 1.00 bits per heavy atom. The van der Waals surface area contributed by atoms with E-state index in [2.05, 4.69) is 18.7 Å². The Hall–Kier alpha value is -3.45. The minimum absolute atomic E-state index is 0.0375. The summed E-state index contributed by atoms with van der Waals surface area (Å²) in [6, 6.07) is 17.2. The van der Waals surface area contributed by atoms with Crippen molar-refractivity contribution in [3.63, 3.8) is 0 Å². The van der Waals surface area contributed by atoms with E-state index >= 15 is 0 Å². The third-order valence-corrected chi connectivity index (χ3v) is 7.01. The first kappa shape index (κ1) is 24.3. The Labute approximate surface area is 216 Å². The molecule has 7 nitrogen and oxygen atoms in total. The zero-order valence-corrected chi connectivity index (χ0v) is 21.5. The van der Waals surface area contributed by atoms with E-state index in [1.807, 2.05) is 46.1 Å². The summed E-state index contributed by atoms with van der Waals surface area (Å²) in [4.78, 5) is 27.4. The van der Waals surface area contributed by atoms with E-state index in [1.165, 1.54) is 0 Å². The number of anilines is 1. The predicted molar refractivity (Wildman–Crippen MR) is 144 cm³/mol. The number of carbonyl (C=O) groups excluding carboxylic acids is 1. The van der Waals surface area contributed by atoms with Gasteiger partial charge in [-0.05, 0) is 49.2 Å². The van der Waals surface area contributed by atoms with Crippen molar-refractivity contribution < 1.29 is 4.79 Å². The van der Waals surface area contributed by atoms with Crippen molar-refractivity contribution in [2.24, 2.45) is 0 Å². The van der Waals surface area contributed by atoms with Gasteiger partial charge in [-0.1, -0.05) is 50.1 Å². The third-order valence-electron chi connectivity index (χ3n) is 6.76. The monoisotopic (exact) mass is 502 g/mol. The van der Waals surface area contributed by atoms with Gasteiger partial charge in [-0.15, -0.1) is 0 Å². The van der Waals surface area contributed by atoms with Gasteiger partial charge < -0.3 is 9.80 Å². The van der Waals surface area contributed by atoms with Gasteiger partial charge in [0.05, 0.1) is 17.3 Å². The fraction of sp³-hybridized carbons (Fsp3) is 0.357. The summed E-state index contributed by atoms with van der Waals surface area (Å²) in [5, 5.41) is 6.26. The fourth-order valence-corrected chi connectivity index (χ4v) is 4.92. The van der Waals surface area contributed by atoms with E-state index in [9.17, 15) is 4.79 Å². The molecular formula is C28H31ClN6O. The largest absolute Gasteiger partial charge is 0.354 e. The molecule has 1 saturated heterocycles. The summed E-state index contributed by atoms with van der Waals surface area (Å²) >= 11 is 6.01. The van der Waals surface area contributed by atoms with E-state index in [0.29, 0.717) is 30.2 Å². The van der Waals surface area contributed by atoms with E-state index < -0.39 is 0 Å². The lowest BCUT2D eigenvalue weighted by Crippen LogP contribution is -2.35. The topological polar surface area (TPSA) is 67.2 Å². The predicted octanol–water partition coefficient (Wildman–Crippen LogP) is 5.73. The average molecular weight is 503 g/mol. The maximum absolute atomic E-state index is 13.1. The summed E-state index contributed by atoms with van der Waals surface area (Å²) in [5.74, 6) is 2.03. The first-order valence-corrected chi connectivity index (χ1v) is 13.0. The molecule has 8 heteroatoms. The molecule has 0 aliphatic carbocycles. The van der Waals surface area contributed by atoms with Crippen LogP contribution in [0.4, 0.5) is 5.82 Å². The van der Waals surface area contributed by atoms with Crippen LogP contribution in [-0.2, 0) is 0 Å². The number of fused-ring (bicyclic) bond motifs is 1.